The summed E-state index contributed by atoms with van der Waals surface area (Å²) in [6, 6.07) is 17.7. The molecular formula is C29H36N2O. The number of amides is 1. The zero-order chi connectivity index (χ0) is 22.5. The summed E-state index contributed by atoms with van der Waals surface area (Å²) in [5.74, 6) is 1.44. The lowest BCUT2D eigenvalue weighted by Crippen LogP contribution is -2.55. The first-order valence-electron chi connectivity index (χ1n) is 12.4. The van der Waals surface area contributed by atoms with E-state index in [1.165, 1.54) is 47.9 Å². The Hall–Kier alpha value is -2.55. The molecule has 3 heteroatoms. The summed E-state index contributed by atoms with van der Waals surface area (Å²) in [7, 11) is 0. The van der Waals surface area contributed by atoms with E-state index in [2.05, 4.69) is 86.1 Å². The Kier molecular flexibility index (Phi) is 5.39. The van der Waals surface area contributed by atoms with Gasteiger partial charge >= 0.3 is 0 Å². The van der Waals surface area contributed by atoms with Gasteiger partial charge < -0.3 is 9.88 Å². The first kappa shape index (κ1) is 21.3. The second-order valence-electron chi connectivity index (χ2n) is 10.6. The number of hydrogen-bond donors (Lipinski definition) is 1. The molecule has 32 heavy (non-hydrogen) atoms. The summed E-state index contributed by atoms with van der Waals surface area (Å²) in [5, 5.41) is 1.26. The van der Waals surface area contributed by atoms with Gasteiger partial charge in [0.25, 0.3) is 0 Å². The van der Waals surface area contributed by atoms with Crippen molar-refractivity contribution in [2.45, 2.75) is 77.2 Å². The van der Waals surface area contributed by atoms with Gasteiger partial charge in [0.05, 0.1) is 5.41 Å². The molecule has 3 fully saturated rings. The number of aromatic nitrogens is 1. The predicted molar refractivity (Wildman–Crippen MR) is 133 cm³/mol. The molecule has 1 aromatic heterocycles. The van der Waals surface area contributed by atoms with E-state index in [0.29, 0.717) is 23.8 Å². The molecule has 2 saturated heterocycles. The van der Waals surface area contributed by atoms with E-state index in [-0.39, 0.29) is 0 Å². The van der Waals surface area contributed by atoms with E-state index in [4.69, 9.17) is 0 Å². The third-order valence-electron chi connectivity index (χ3n) is 8.24. The number of piperidine rings is 2. The van der Waals surface area contributed by atoms with Crippen LogP contribution in [0.1, 0.15) is 76.8 Å². The maximum atomic E-state index is 13.8. The van der Waals surface area contributed by atoms with Crippen LogP contribution in [0.25, 0.3) is 22.2 Å². The molecular weight excluding hydrogens is 392 g/mol. The number of nitrogens with one attached hydrogen (secondary N) is 1. The van der Waals surface area contributed by atoms with Crippen molar-refractivity contribution in [3.8, 4) is 11.3 Å². The summed E-state index contributed by atoms with van der Waals surface area (Å²) in [6.07, 6.45) is 6.04. The summed E-state index contributed by atoms with van der Waals surface area (Å²) in [5.41, 5.74) is 5.56. The van der Waals surface area contributed by atoms with E-state index in [1.54, 1.807) is 0 Å². The average molecular weight is 429 g/mol. The lowest BCUT2D eigenvalue weighted by atomic mass is 9.76. The maximum Gasteiger partial charge on any atom is 0.232 e. The second-order valence-corrected chi connectivity index (χ2v) is 10.6. The Morgan fingerprint density at radius 3 is 2.44 bits per heavy atom. The van der Waals surface area contributed by atoms with Crippen LogP contribution in [-0.4, -0.2) is 28.4 Å². The van der Waals surface area contributed by atoms with E-state index in [9.17, 15) is 4.79 Å². The van der Waals surface area contributed by atoms with E-state index >= 15 is 0 Å². The van der Waals surface area contributed by atoms with Crippen molar-refractivity contribution in [3.63, 3.8) is 0 Å². The Bertz CT molecular complexity index is 1120. The highest BCUT2D eigenvalue weighted by atomic mass is 16.2. The van der Waals surface area contributed by atoms with Gasteiger partial charge in [-0.3, -0.25) is 4.79 Å². The van der Waals surface area contributed by atoms with Gasteiger partial charge in [0, 0.05) is 29.2 Å². The molecule has 1 N–H and O–H groups in total. The van der Waals surface area contributed by atoms with E-state index < -0.39 is 5.41 Å². The minimum atomic E-state index is -0.525. The third kappa shape index (κ3) is 3.46. The Morgan fingerprint density at radius 1 is 1.09 bits per heavy atom. The number of carbonyl (C=O) groups excluding carboxylic acids is 1. The Balaban J connectivity index is 1.57. The Morgan fingerprint density at radius 2 is 1.81 bits per heavy atom. The average Bonchev–Trinajstić information content (AvgIpc) is 3.23. The van der Waals surface area contributed by atoms with Crippen LogP contribution in [0.2, 0.25) is 0 Å². The highest BCUT2D eigenvalue weighted by molar-refractivity contribution is 5.94. The highest BCUT2D eigenvalue weighted by Gasteiger charge is 2.42. The molecule has 2 bridgehead atoms. The molecule has 3 heterocycles. The topological polar surface area (TPSA) is 36.1 Å². The smallest absolute Gasteiger partial charge is 0.232 e. The van der Waals surface area contributed by atoms with Crippen LogP contribution in [0.15, 0.2) is 48.5 Å². The van der Waals surface area contributed by atoms with Crippen LogP contribution >= 0.6 is 0 Å². The lowest BCUT2D eigenvalue weighted by Gasteiger charge is -2.47. The SMILES string of the molecule is CCC(C)c1c(-c2ccccc2)[nH]c2ccc(C(C)(C)C(=O)N3CC4CCC3CC4)cc12. The summed E-state index contributed by atoms with van der Waals surface area (Å²) in [6.45, 7) is 9.75. The first-order valence-corrected chi connectivity index (χ1v) is 12.4. The quantitative estimate of drug-likeness (QED) is 0.465. The van der Waals surface area contributed by atoms with Crippen molar-refractivity contribution in [3.05, 3.63) is 59.7 Å². The van der Waals surface area contributed by atoms with Crippen molar-refractivity contribution >= 4 is 16.8 Å². The molecule has 1 unspecified atom stereocenters. The van der Waals surface area contributed by atoms with Crippen LogP contribution in [-0.2, 0) is 10.2 Å². The first-order chi connectivity index (χ1) is 15.4. The molecule has 168 valence electrons. The van der Waals surface area contributed by atoms with E-state index in [0.717, 1.165) is 24.0 Å². The second kappa shape index (κ2) is 8.10. The van der Waals surface area contributed by atoms with Crippen LogP contribution in [0, 0.1) is 5.92 Å². The van der Waals surface area contributed by atoms with Crippen molar-refractivity contribution in [2.75, 3.05) is 6.54 Å². The van der Waals surface area contributed by atoms with Gasteiger partial charge in [0.1, 0.15) is 0 Å². The molecule has 1 amide bonds. The van der Waals surface area contributed by atoms with Gasteiger partial charge in [0.2, 0.25) is 5.91 Å². The van der Waals surface area contributed by atoms with Gasteiger partial charge in [0.15, 0.2) is 0 Å². The zero-order valence-corrected chi connectivity index (χ0v) is 19.9. The number of nitrogens with zero attached hydrogens (tertiary/aromatic N) is 1. The van der Waals surface area contributed by atoms with Crippen LogP contribution in [0.4, 0.5) is 0 Å². The fourth-order valence-corrected chi connectivity index (χ4v) is 5.95. The normalized spacial score (nSPS) is 21.8. The maximum absolute atomic E-state index is 13.8. The fraction of sp³-hybridized carbons (Fsp3) is 0.483. The minimum absolute atomic E-state index is 0.301. The Labute approximate surface area is 192 Å². The van der Waals surface area contributed by atoms with Crippen LogP contribution in [0.5, 0.6) is 0 Å². The number of aromatic amines is 1. The molecule has 2 aliphatic heterocycles. The molecule has 3 nitrogen and oxygen atoms in total. The number of H-pyrrole nitrogens is 1. The van der Waals surface area contributed by atoms with Crippen molar-refractivity contribution in [1.29, 1.82) is 0 Å². The number of hydrogen-bond acceptors (Lipinski definition) is 1. The van der Waals surface area contributed by atoms with Crippen molar-refractivity contribution in [1.82, 2.24) is 9.88 Å². The van der Waals surface area contributed by atoms with Crippen molar-refractivity contribution < 1.29 is 4.79 Å². The van der Waals surface area contributed by atoms with Crippen LogP contribution in [0.3, 0.4) is 0 Å². The molecule has 1 saturated carbocycles. The summed E-state index contributed by atoms with van der Waals surface area (Å²) in [4.78, 5) is 19.7. The third-order valence-corrected chi connectivity index (χ3v) is 8.24. The van der Waals surface area contributed by atoms with Gasteiger partial charge in [-0.05, 0) is 86.6 Å². The van der Waals surface area contributed by atoms with Gasteiger partial charge in [-0.2, -0.15) is 0 Å². The number of fused-ring (bicyclic) bond motifs is 4. The number of benzene rings is 2. The highest BCUT2D eigenvalue weighted by Crippen LogP contribution is 2.41. The molecule has 1 aliphatic carbocycles. The lowest BCUT2D eigenvalue weighted by molar-refractivity contribution is -0.144. The van der Waals surface area contributed by atoms with Crippen molar-refractivity contribution in [2.24, 2.45) is 5.92 Å². The van der Waals surface area contributed by atoms with Crippen LogP contribution < -0.4 is 0 Å². The monoisotopic (exact) mass is 428 g/mol. The number of rotatable bonds is 5. The molecule has 3 aliphatic rings. The predicted octanol–water partition coefficient (Wildman–Crippen LogP) is 7.03. The van der Waals surface area contributed by atoms with Gasteiger partial charge in [-0.1, -0.05) is 50.2 Å². The number of carbonyl (C=O) groups is 1. The standard InChI is InChI=1S/C29H36N2O/c1-5-19(2)26-24-17-22(13-16-25(24)30-27(26)21-9-7-6-8-10-21)29(3,4)28(32)31-18-20-11-14-23(31)15-12-20/h6-10,13,16-17,19-20,23,30H,5,11-12,14-15,18H2,1-4H3. The summed E-state index contributed by atoms with van der Waals surface area (Å²) >= 11 is 0. The zero-order valence-electron chi connectivity index (χ0n) is 19.9. The molecule has 3 aromatic rings. The molecule has 1 atom stereocenters. The largest absolute Gasteiger partial charge is 0.354 e. The van der Waals surface area contributed by atoms with Gasteiger partial charge in [-0.25, -0.2) is 0 Å². The summed E-state index contributed by atoms with van der Waals surface area (Å²) < 4.78 is 0. The fourth-order valence-electron chi connectivity index (χ4n) is 5.95. The molecule has 6 rings (SSSR count). The molecule has 2 aromatic carbocycles. The minimum Gasteiger partial charge on any atom is -0.354 e. The molecule has 0 radical (unpaired) electrons. The van der Waals surface area contributed by atoms with Gasteiger partial charge in [-0.15, -0.1) is 0 Å². The van der Waals surface area contributed by atoms with E-state index in [1.807, 2.05) is 0 Å². The molecule has 0 spiro atoms.